The van der Waals surface area contributed by atoms with Crippen LogP contribution in [0.4, 0.5) is 5.69 Å². The van der Waals surface area contributed by atoms with Crippen LogP contribution < -0.4 is 19.1 Å². The zero-order valence-electron chi connectivity index (χ0n) is 16.7. The maximum atomic E-state index is 12.6. The van der Waals surface area contributed by atoms with Crippen molar-refractivity contribution in [3.8, 4) is 28.4 Å². The first-order chi connectivity index (χ1) is 14.0. The van der Waals surface area contributed by atoms with E-state index in [1.54, 1.807) is 31.4 Å². The quantitative estimate of drug-likeness (QED) is 0.655. The molecule has 1 amide bonds. The topological polar surface area (TPSA) is 86.9 Å². The maximum absolute atomic E-state index is 12.6. The van der Waals surface area contributed by atoms with Crippen LogP contribution in [0.3, 0.4) is 0 Å². The molecule has 2 aromatic heterocycles. The van der Waals surface area contributed by atoms with E-state index >= 15 is 0 Å². The number of pyridine rings is 1. The predicted molar refractivity (Wildman–Crippen MR) is 105 cm³/mol. The van der Waals surface area contributed by atoms with Gasteiger partial charge in [-0.2, -0.15) is 0 Å². The highest BCUT2D eigenvalue weighted by Crippen LogP contribution is 2.44. The maximum Gasteiger partial charge on any atom is 0.265 e. The van der Waals surface area contributed by atoms with Crippen molar-refractivity contribution >= 4 is 11.6 Å². The number of anilines is 1. The first kappa shape index (κ1) is 18.8. The lowest BCUT2D eigenvalue weighted by Gasteiger charge is -2.30. The van der Waals surface area contributed by atoms with E-state index in [1.807, 2.05) is 32.0 Å². The van der Waals surface area contributed by atoms with Crippen LogP contribution in [-0.2, 0) is 11.3 Å². The van der Waals surface area contributed by atoms with Crippen LogP contribution in [0, 0.1) is 13.8 Å². The van der Waals surface area contributed by atoms with Gasteiger partial charge in [0.05, 0.1) is 49.6 Å². The van der Waals surface area contributed by atoms with Crippen LogP contribution in [0.15, 0.2) is 35.0 Å². The molecule has 1 aliphatic rings. The third kappa shape index (κ3) is 3.37. The standard InChI is InChI=1S/C21H21N3O5/c1-12-21(13(2)29-23-12)16-7-19-17(8-18(16)27-4)24(20(25)11-28-19)10-14-5-6-15(26-3)9-22-14/h5-9H,10-11H2,1-4H3. The molecule has 0 spiro atoms. The number of hydrogen-bond acceptors (Lipinski definition) is 7. The van der Waals surface area contributed by atoms with E-state index in [9.17, 15) is 4.79 Å². The van der Waals surface area contributed by atoms with Gasteiger partial charge in [-0.1, -0.05) is 5.16 Å². The van der Waals surface area contributed by atoms with E-state index in [4.69, 9.17) is 18.7 Å². The minimum absolute atomic E-state index is 0.0451. The molecular formula is C21H21N3O5. The Bertz CT molecular complexity index is 1040. The number of carbonyl (C=O) groups excluding carboxylic acids is 1. The summed E-state index contributed by atoms with van der Waals surface area (Å²) in [6.45, 7) is 3.99. The number of amides is 1. The van der Waals surface area contributed by atoms with Crippen molar-refractivity contribution in [1.82, 2.24) is 10.1 Å². The molecule has 0 radical (unpaired) electrons. The van der Waals surface area contributed by atoms with E-state index < -0.39 is 0 Å². The summed E-state index contributed by atoms with van der Waals surface area (Å²) in [5.74, 6) is 2.39. The van der Waals surface area contributed by atoms with Gasteiger partial charge in [0, 0.05) is 11.6 Å². The highest BCUT2D eigenvalue weighted by molar-refractivity contribution is 5.99. The zero-order chi connectivity index (χ0) is 20.5. The van der Waals surface area contributed by atoms with Crippen LogP contribution in [0.5, 0.6) is 17.2 Å². The van der Waals surface area contributed by atoms with Crippen molar-refractivity contribution in [1.29, 1.82) is 0 Å². The first-order valence-corrected chi connectivity index (χ1v) is 9.09. The lowest BCUT2D eigenvalue weighted by molar-refractivity contribution is -0.121. The van der Waals surface area contributed by atoms with Crippen molar-refractivity contribution in [2.45, 2.75) is 20.4 Å². The average molecular weight is 395 g/mol. The summed E-state index contributed by atoms with van der Waals surface area (Å²) in [5.41, 5.74) is 3.78. The monoisotopic (exact) mass is 395 g/mol. The van der Waals surface area contributed by atoms with Gasteiger partial charge >= 0.3 is 0 Å². The molecule has 0 bridgehead atoms. The Labute approximate surface area is 168 Å². The van der Waals surface area contributed by atoms with Gasteiger partial charge in [-0.05, 0) is 32.0 Å². The van der Waals surface area contributed by atoms with Gasteiger partial charge in [-0.15, -0.1) is 0 Å². The fourth-order valence-electron chi connectivity index (χ4n) is 3.42. The fraction of sp³-hybridized carbons (Fsp3) is 0.286. The van der Waals surface area contributed by atoms with Crippen molar-refractivity contribution in [2.75, 3.05) is 25.7 Å². The summed E-state index contributed by atoms with van der Waals surface area (Å²) in [6, 6.07) is 7.31. The molecule has 0 saturated carbocycles. The predicted octanol–water partition coefficient (Wildman–Crippen LogP) is 3.30. The molecule has 3 heterocycles. The minimum atomic E-state index is -0.151. The molecule has 1 aliphatic heterocycles. The molecule has 3 aromatic rings. The number of aromatic nitrogens is 2. The van der Waals surface area contributed by atoms with E-state index in [0.717, 1.165) is 22.5 Å². The Morgan fingerprint density at radius 1 is 1.17 bits per heavy atom. The summed E-state index contributed by atoms with van der Waals surface area (Å²) in [7, 11) is 3.17. The number of methoxy groups -OCH3 is 2. The van der Waals surface area contributed by atoms with Crippen molar-refractivity contribution in [2.24, 2.45) is 0 Å². The highest BCUT2D eigenvalue weighted by Gasteiger charge is 2.29. The van der Waals surface area contributed by atoms with E-state index in [0.29, 0.717) is 35.2 Å². The number of rotatable bonds is 5. The second-order valence-corrected chi connectivity index (χ2v) is 6.68. The molecule has 8 heteroatoms. The minimum Gasteiger partial charge on any atom is -0.496 e. The van der Waals surface area contributed by atoms with Gasteiger partial charge in [0.15, 0.2) is 6.61 Å². The van der Waals surface area contributed by atoms with Crippen molar-refractivity contribution in [3.05, 3.63) is 47.6 Å². The lowest BCUT2D eigenvalue weighted by atomic mass is 10.0. The van der Waals surface area contributed by atoms with Crippen LogP contribution >= 0.6 is 0 Å². The number of aryl methyl sites for hydroxylation is 2. The normalized spacial score (nSPS) is 13.1. The van der Waals surface area contributed by atoms with Gasteiger partial charge in [-0.3, -0.25) is 14.7 Å². The van der Waals surface area contributed by atoms with E-state index in [1.165, 1.54) is 0 Å². The molecule has 0 unspecified atom stereocenters. The third-order valence-corrected chi connectivity index (χ3v) is 4.88. The van der Waals surface area contributed by atoms with Crippen LogP contribution in [0.1, 0.15) is 17.1 Å². The van der Waals surface area contributed by atoms with Gasteiger partial charge < -0.3 is 18.7 Å². The zero-order valence-corrected chi connectivity index (χ0v) is 16.7. The Hall–Kier alpha value is -3.55. The lowest BCUT2D eigenvalue weighted by Crippen LogP contribution is -2.38. The number of hydrogen-bond donors (Lipinski definition) is 0. The summed E-state index contributed by atoms with van der Waals surface area (Å²) >= 11 is 0. The van der Waals surface area contributed by atoms with E-state index in [-0.39, 0.29) is 12.5 Å². The second-order valence-electron chi connectivity index (χ2n) is 6.68. The summed E-state index contributed by atoms with van der Waals surface area (Å²) < 4.78 is 21.8. The fourth-order valence-corrected chi connectivity index (χ4v) is 3.42. The molecule has 150 valence electrons. The molecule has 1 aromatic carbocycles. The summed E-state index contributed by atoms with van der Waals surface area (Å²) in [5, 5.41) is 4.02. The average Bonchev–Trinajstić information content (AvgIpc) is 3.07. The summed E-state index contributed by atoms with van der Waals surface area (Å²) in [4.78, 5) is 18.6. The van der Waals surface area contributed by atoms with Crippen LogP contribution in [0.25, 0.3) is 11.1 Å². The Balaban J connectivity index is 1.75. The van der Waals surface area contributed by atoms with Gasteiger partial charge in [0.2, 0.25) is 0 Å². The van der Waals surface area contributed by atoms with Crippen molar-refractivity contribution < 1.29 is 23.5 Å². The van der Waals surface area contributed by atoms with E-state index in [2.05, 4.69) is 10.1 Å². The number of carbonyl (C=O) groups is 1. The van der Waals surface area contributed by atoms with Crippen LogP contribution in [0.2, 0.25) is 0 Å². The largest absolute Gasteiger partial charge is 0.496 e. The number of nitrogens with zero attached hydrogens (tertiary/aromatic N) is 3. The molecule has 29 heavy (non-hydrogen) atoms. The second kappa shape index (κ2) is 7.46. The Morgan fingerprint density at radius 3 is 2.62 bits per heavy atom. The Morgan fingerprint density at radius 2 is 2.00 bits per heavy atom. The molecule has 4 rings (SSSR count). The molecule has 0 atom stereocenters. The first-order valence-electron chi connectivity index (χ1n) is 9.09. The molecule has 8 nitrogen and oxygen atoms in total. The summed E-state index contributed by atoms with van der Waals surface area (Å²) in [6.07, 6.45) is 1.63. The SMILES string of the molecule is COc1ccc(CN2C(=O)COc3cc(-c4c(C)noc4C)c(OC)cc32)nc1. The van der Waals surface area contributed by atoms with Gasteiger partial charge in [0.1, 0.15) is 23.0 Å². The molecule has 0 saturated heterocycles. The van der Waals surface area contributed by atoms with Gasteiger partial charge in [-0.25, -0.2) is 0 Å². The Kier molecular flexibility index (Phi) is 4.84. The van der Waals surface area contributed by atoms with Crippen LogP contribution in [-0.4, -0.2) is 36.9 Å². The molecule has 0 aliphatic carbocycles. The van der Waals surface area contributed by atoms with Gasteiger partial charge in [0.25, 0.3) is 5.91 Å². The van der Waals surface area contributed by atoms with Crippen molar-refractivity contribution in [3.63, 3.8) is 0 Å². The third-order valence-electron chi connectivity index (χ3n) is 4.88. The number of ether oxygens (including phenoxy) is 3. The molecular weight excluding hydrogens is 374 g/mol. The smallest absolute Gasteiger partial charge is 0.265 e. The molecule has 0 N–H and O–H groups in total. The number of fused-ring (bicyclic) bond motifs is 1. The highest BCUT2D eigenvalue weighted by atomic mass is 16.5. The number of benzene rings is 1. The molecule has 0 fully saturated rings.